The first-order valence-corrected chi connectivity index (χ1v) is 6.18. The first kappa shape index (κ1) is 12.8. The third-order valence-electron chi connectivity index (χ3n) is 3.20. The molecule has 2 heterocycles. The minimum atomic E-state index is -0.261. The zero-order chi connectivity index (χ0) is 13.1. The molecule has 1 amide bonds. The summed E-state index contributed by atoms with van der Waals surface area (Å²) in [7, 11) is 3.83. The SMILES string of the molecule is CN(C)c1ccc(C(=O)N2CCC(O)CC2)cn1. The summed E-state index contributed by atoms with van der Waals surface area (Å²) in [5, 5.41) is 9.42. The zero-order valence-electron chi connectivity index (χ0n) is 10.8. The van der Waals surface area contributed by atoms with E-state index in [1.165, 1.54) is 0 Å². The topological polar surface area (TPSA) is 56.7 Å². The summed E-state index contributed by atoms with van der Waals surface area (Å²) in [5.41, 5.74) is 0.608. The van der Waals surface area contributed by atoms with Gasteiger partial charge < -0.3 is 14.9 Å². The second-order valence-electron chi connectivity index (χ2n) is 4.82. The molecular formula is C13H19N3O2. The molecule has 1 aliphatic rings. The Hall–Kier alpha value is -1.62. The Balaban J connectivity index is 2.04. The number of hydrogen-bond donors (Lipinski definition) is 1. The number of amides is 1. The van der Waals surface area contributed by atoms with E-state index in [0.29, 0.717) is 31.5 Å². The Morgan fingerprint density at radius 2 is 2.06 bits per heavy atom. The second kappa shape index (κ2) is 5.35. The smallest absolute Gasteiger partial charge is 0.255 e. The van der Waals surface area contributed by atoms with Crippen LogP contribution >= 0.6 is 0 Å². The second-order valence-corrected chi connectivity index (χ2v) is 4.82. The molecule has 1 saturated heterocycles. The highest BCUT2D eigenvalue weighted by atomic mass is 16.3. The van der Waals surface area contributed by atoms with Gasteiger partial charge in [-0.2, -0.15) is 0 Å². The molecule has 18 heavy (non-hydrogen) atoms. The number of hydrogen-bond acceptors (Lipinski definition) is 4. The van der Waals surface area contributed by atoms with Gasteiger partial charge in [-0.3, -0.25) is 4.79 Å². The van der Waals surface area contributed by atoms with Gasteiger partial charge in [0.05, 0.1) is 11.7 Å². The van der Waals surface area contributed by atoms with Crippen LogP contribution in [-0.2, 0) is 0 Å². The molecule has 1 aliphatic heterocycles. The highest BCUT2D eigenvalue weighted by Crippen LogP contribution is 2.15. The Labute approximate surface area is 107 Å². The molecule has 0 spiro atoms. The average molecular weight is 249 g/mol. The van der Waals surface area contributed by atoms with Crippen LogP contribution in [0.25, 0.3) is 0 Å². The number of rotatable bonds is 2. The van der Waals surface area contributed by atoms with Crippen molar-refractivity contribution in [3.63, 3.8) is 0 Å². The number of nitrogens with zero attached hydrogens (tertiary/aromatic N) is 3. The molecule has 0 radical (unpaired) electrons. The van der Waals surface area contributed by atoms with Crippen LogP contribution in [0.5, 0.6) is 0 Å². The lowest BCUT2D eigenvalue weighted by molar-refractivity contribution is 0.0546. The lowest BCUT2D eigenvalue weighted by Gasteiger charge is -2.29. The monoisotopic (exact) mass is 249 g/mol. The quantitative estimate of drug-likeness (QED) is 0.840. The van der Waals surface area contributed by atoms with Gasteiger partial charge in [0, 0.05) is 33.4 Å². The first-order chi connectivity index (χ1) is 8.58. The molecular weight excluding hydrogens is 230 g/mol. The van der Waals surface area contributed by atoms with Crippen molar-refractivity contribution in [2.45, 2.75) is 18.9 Å². The summed E-state index contributed by atoms with van der Waals surface area (Å²) < 4.78 is 0. The molecule has 1 fully saturated rings. The molecule has 1 aromatic heterocycles. The summed E-state index contributed by atoms with van der Waals surface area (Å²) in [6.45, 7) is 1.24. The van der Waals surface area contributed by atoms with Gasteiger partial charge in [-0.05, 0) is 25.0 Å². The van der Waals surface area contributed by atoms with Crippen molar-refractivity contribution in [3.8, 4) is 0 Å². The van der Waals surface area contributed by atoms with Crippen LogP contribution in [0.1, 0.15) is 23.2 Å². The molecule has 1 N–H and O–H groups in total. The molecule has 2 rings (SSSR count). The van der Waals surface area contributed by atoms with E-state index in [9.17, 15) is 9.90 Å². The summed E-state index contributed by atoms with van der Waals surface area (Å²) in [4.78, 5) is 20.1. The molecule has 0 aromatic carbocycles. The number of carbonyl (C=O) groups is 1. The van der Waals surface area contributed by atoms with Crippen LogP contribution in [0.4, 0.5) is 5.82 Å². The van der Waals surface area contributed by atoms with Gasteiger partial charge in [-0.1, -0.05) is 0 Å². The van der Waals surface area contributed by atoms with Gasteiger partial charge in [0.25, 0.3) is 5.91 Å². The van der Waals surface area contributed by atoms with E-state index in [1.807, 2.05) is 25.1 Å². The minimum Gasteiger partial charge on any atom is -0.393 e. The molecule has 0 aliphatic carbocycles. The fourth-order valence-electron chi connectivity index (χ4n) is 2.03. The van der Waals surface area contributed by atoms with Gasteiger partial charge in [0.15, 0.2) is 0 Å². The Bertz CT molecular complexity index is 409. The summed E-state index contributed by atoms with van der Waals surface area (Å²) in [6, 6.07) is 3.64. The molecule has 1 aromatic rings. The maximum Gasteiger partial charge on any atom is 0.255 e. The highest BCUT2D eigenvalue weighted by molar-refractivity contribution is 5.94. The minimum absolute atomic E-state index is 0.000272. The predicted molar refractivity (Wildman–Crippen MR) is 69.7 cm³/mol. The number of pyridine rings is 1. The Morgan fingerprint density at radius 3 is 2.56 bits per heavy atom. The lowest BCUT2D eigenvalue weighted by Crippen LogP contribution is -2.40. The van der Waals surface area contributed by atoms with Gasteiger partial charge in [0.1, 0.15) is 5.82 Å². The van der Waals surface area contributed by atoms with E-state index in [-0.39, 0.29) is 12.0 Å². The number of aliphatic hydroxyl groups is 1. The van der Waals surface area contributed by atoms with Crippen molar-refractivity contribution in [2.24, 2.45) is 0 Å². The fourth-order valence-corrected chi connectivity index (χ4v) is 2.03. The number of aliphatic hydroxyl groups excluding tert-OH is 1. The zero-order valence-corrected chi connectivity index (χ0v) is 10.8. The normalized spacial score (nSPS) is 16.7. The van der Waals surface area contributed by atoms with Crippen molar-refractivity contribution < 1.29 is 9.90 Å². The van der Waals surface area contributed by atoms with Crippen LogP contribution in [0.15, 0.2) is 18.3 Å². The number of carbonyl (C=O) groups excluding carboxylic acids is 1. The summed E-state index contributed by atoms with van der Waals surface area (Å²) in [5.74, 6) is 0.834. The summed E-state index contributed by atoms with van der Waals surface area (Å²) >= 11 is 0. The van der Waals surface area contributed by atoms with Crippen molar-refractivity contribution in [2.75, 3.05) is 32.1 Å². The van der Waals surface area contributed by atoms with Crippen LogP contribution in [0.3, 0.4) is 0 Å². The van der Waals surface area contributed by atoms with E-state index in [1.54, 1.807) is 17.2 Å². The van der Waals surface area contributed by atoms with E-state index in [2.05, 4.69) is 4.98 Å². The number of piperidine rings is 1. The Kier molecular flexibility index (Phi) is 3.81. The predicted octanol–water partition coefficient (Wildman–Crippen LogP) is 0.744. The Morgan fingerprint density at radius 1 is 1.39 bits per heavy atom. The lowest BCUT2D eigenvalue weighted by atomic mass is 10.1. The van der Waals surface area contributed by atoms with Crippen molar-refractivity contribution in [1.82, 2.24) is 9.88 Å². The third kappa shape index (κ3) is 2.79. The van der Waals surface area contributed by atoms with Gasteiger partial charge in [0.2, 0.25) is 0 Å². The van der Waals surface area contributed by atoms with Crippen LogP contribution in [0.2, 0.25) is 0 Å². The first-order valence-electron chi connectivity index (χ1n) is 6.18. The molecule has 5 nitrogen and oxygen atoms in total. The van der Waals surface area contributed by atoms with Gasteiger partial charge in [-0.25, -0.2) is 4.98 Å². The van der Waals surface area contributed by atoms with Crippen molar-refractivity contribution in [3.05, 3.63) is 23.9 Å². The van der Waals surface area contributed by atoms with Crippen LogP contribution < -0.4 is 4.90 Å². The summed E-state index contributed by atoms with van der Waals surface area (Å²) in [6.07, 6.45) is 2.68. The molecule has 98 valence electrons. The fraction of sp³-hybridized carbons (Fsp3) is 0.538. The standard InChI is InChI=1S/C13H19N3O2/c1-15(2)12-4-3-10(9-14-12)13(18)16-7-5-11(17)6-8-16/h3-4,9,11,17H,5-8H2,1-2H3. The maximum absolute atomic E-state index is 12.2. The van der Waals surface area contributed by atoms with E-state index in [0.717, 1.165) is 5.82 Å². The van der Waals surface area contributed by atoms with E-state index in [4.69, 9.17) is 0 Å². The van der Waals surface area contributed by atoms with E-state index < -0.39 is 0 Å². The van der Waals surface area contributed by atoms with Crippen LogP contribution in [0, 0.1) is 0 Å². The van der Waals surface area contributed by atoms with Gasteiger partial charge >= 0.3 is 0 Å². The number of anilines is 1. The number of aromatic nitrogens is 1. The van der Waals surface area contributed by atoms with Gasteiger partial charge in [-0.15, -0.1) is 0 Å². The van der Waals surface area contributed by atoms with Crippen molar-refractivity contribution >= 4 is 11.7 Å². The third-order valence-corrected chi connectivity index (χ3v) is 3.20. The molecule has 0 atom stereocenters. The maximum atomic E-state index is 12.2. The average Bonchev–Trinajstić information content (AvgIpc) is 2.39. The molecule has 5 heteroatoms. The van der Waals surface area contributed by atoms with Crippen LogP contribution in [-0.4, -0.2) is 54.2 Å². The highest BCUT2D eigenvalue weighted by Gasteiger charge is 2.22. The largest absolute Gasteiger partial charge is 0.393 e. The molecule has 0 saturated carbocycles. The molecule has 0 bridgehead atoms. The van der Waals surface area contributed by atoms with Crippen molar-refractivity contribution in [1.29, 1.82) is 0 Å². The van der Waals surface area contributed by atoms with E-state index >= 15 is 0 Å². The molecule has 0 unspecified atom stereocenters. The number of likely N-dealkylation sites (tertiary alicyclic amines) is 1.